The van der Waals surface area contributed by atoms with Gasteiger partial charge >= 0.3 is 0 Å². The molecule has 1 aliphatic carbocycles. The van der Waals surface area contributed by atoms with Crippen molar-refractivity contribution in [1.82, 2.24) is 5.32 Å². The van der Waals surface area contributed by atoms with Gasteiger partial charge in [0.1, 0.15) is 0 Å². The molecule has 2 atom stereocenters. The quantitative estimate of drug-likeness (QED) is 0.891. The van der Waals surface area contributed by atoms with E-state index in [1.54, 1.807) is 11.3 Å². The summed E-state index contributed by atoms with van der Waals surface area (Å²) >= 11 is 1.55. The molecule has 1 saturated carbocycles. The van der Waals surface area contributed by atoms with Crippen molar-refractivity contribution < 1.29 is 9.90 Å². The molecule has 1 aromatic rings. The smallest absolute Gasteiger partial charge is 0.261 e. The maximum Gasteiger partial charge on any atom is 0.261 e. The van der Waals surface area contributed by atoms with Gasteiger partial charge in [-0.15, -0.1) is 11.3 Å². The zero-order valence-electron chi connectivity index (χ0n) is 11.7. The summed E-state index contributed by atoms with van der Waals surface area (Å²) in [7, 11) is 0. The monoisotopic (exact) mass is 281 g/mol. The Balaban J connectivity index is 1.89. The average Bonchev–Trinajstić information content (AvgIpc) is 2.76. The lowest BCUT2D eigenvalue weighted by molar-refractivity contribution is 0.0913. The Morgan fingerprint density at radius 1 is 1.37 bits per heavy atom. The Morgan fingerprint density at radius 2 is 2.05 bits per heavy atom. The van der Waals surface area contributed by atoms with E-state index in [1.807, 2.05) is 19.9 Å². The summed E-state index contributed by atoms with van der Waals surface area (Å²) in [6, 6.07) is 1.96. The van der Waals surface area contributed by atoms with E-state index >= 15 is 0 Å². The van der Waals surface area contributed by atoms with Crippen LogP contribution in [-0.4, -0.2) is 24.2 Å². The van der Waals surface area contributed by atoms with Crippen molar-refractivity contribution in [3.8, 4) is 0 Å². The first-order valence-corrected chi connectivity index (χ1v) is 7.89. The Labute approximate surface area is 119 Å². The lowest BCUT2D eigenvalue weighted by Crippen LogP contribution is -2.35. The van der Waals surface area contributed by atoms with Gasteiger partial charge < -0.3 is 10.4 Å². The minimum atomic E-state index is 0.0310. The van der Waals surface area contributed by atoms with Crippen LogP contribution in [0.25, 0.3) is 0 Å². The summed E-state index contributed by atoms with van der Waals surface area (Å²) in [5.41, 5.74) is 1.18. The Bertz CT molecular complexity index is 422. The Hall–Kier alpha value is -0.870. The molecule has 1 amide bonds. The van der Waals surface area contributed by atoms with Crippen LogP contribution in [-0.2, 0) is 0 Å². The molecular weight excluding hydrogens is 258 g/mol. The molecule has 1 aromatic heterocycles. The first-order chi connectivity index (χ1) is 9.11. The molecule has 19 heavy (non-hydrogen) atoms. The van der Waals surface area contributed by atoms with Crippen LogP contribution >= 0.6 is 11.3 Å². The molecule has 0 aromatic carbocycles. The van der Waals surface area contributed by atoms with Crippen LogP contribution in [0.4, 0.5) is 0 Å². The van der Waals surface area contributed by atoms with Gasteiger partial charge in [0.05, 0.1) is 4.88 Å². The summed E-state index contributed by atoms with van der Waals surface area (Å²) in [4.78, 5) is 14.1. The number of aliphatic hydroxyl groups is 1. The van der Waals surface area contributed by atoms with E-state index in [-0.39, 0.29) is 12.5 Å². The summed E-state index contributed by atoms with van der Waals surface area (Å²) in [5.74, 6) is 0.828. The third kappa shape index (κ3) is 3.57. The van der Waals surface area contributed by atoms with Crippen molar-refractivity contribution in [3.05, 3.63) is 21.4 Å². The van der Waals surface area contributed by atoms with Crippen LogP contribution in [0.5, 0.6) is 0 Å². The van der Waals surface area contributed by atoms with Gasteiger partial charge in [-0.3, -0.25) is 4.79 Å². The third-order valence-electron chi connectivity index (χ3n) is 4.22. The first-order valence-electron chi connectivity index (χ1n) is 7.08. The molecular formula is C15H23NO2S. The zero-order chi connectivity index (χ0) is 13.8. The zero-order valence-corrected chi connectivity index (χ0v) is 12.6. The molecule has 2 N–H and O–H groups in total. The molecule has 1 heterocycles. The van der Waals surface area contributed by atoms with Gasteiger partial charge in [0.25, 0.3) is 5.91 Å². The molecule has 106 valence electrons. The number of aliphatic hydroxyl groups excluding tert-OH is 1. The summed E-state index contributed by atoms with van der Waals surface area (Å²) in [5, 5.41) is 12.4. The van der Waals surface area contributed by atoms with E-state index in [0.29, 0.717) is 18.4 Å². The van der Waals surface area contributed by atoms with Crippen LogP contribution < -0.4 is 5.32 Å². The second-order valence-corrected chi connectivity index (χ2v) is 6.80. The van der Waals surface area contributed by atoms with Crippen molar-refractivity contribution in [2.75, 3.05) is 13.2 Å². The molecule has 0 spiro atoms. The summed E-state index contributed by atoms with van der Waals surface area (Å²) in [6.45, 7) is 5.02. The summed E-state index contributed by atoms with van der Waals surface area (Å²) < 4.78 is 0. The van der Waals surface area contributed by atoms with E-state index in [2.05, 4.69) is 5.32 Å². The average molecular weight is 281 g/mol. The van der Waals surface area contributed by atoms with E-state index < -0.39 is 0 Å². The van der Waals surface area contributed by atoms with E-state index in [0.717, 1.165) is 17.7 Å². The van der Waals surface area contributed by atoms with Crippen molar-refractivity contribution in [3.63, 3.8) is 0 Å². The van der Waals surface area contributed by atoms with Crippen LogP contribution in [0.15, 0.2) is 6.07 Å². The third-order valence-corrected chi connectivity index (χ3v) is 5.37. The van der Waals surface area contributed by atoms with Crippen LogP contribution in [0.3, 0.4) is 0 Å². The number of hydrogen-bond donors (Lipinski definition) is 2. The number of thiophene rings is 1. The molecule has 1 aliphatic rings. The van der Waals surface area contributed by atoms with Crippen LogP contribution in [0, 0.1) is 25.7 Å². The van der Waals surface area contributed by atoms with Crippen LogP contribution in [0.2, 0.25) is 0 Å². The Kier molecular flexibility index (Phi) is 4.99. The lowest BCUT2D eigenvalue weighted by Gasteiger charge is -2.30. The minimum absolute atomic E-state index is 0.0310. The number of nitrogens with one attached hydrogen (secondary N) is 1. The number of carbonyl (C=O) groups is 1. The highest BCUT2D eigenvalue weighted by atomic mass is 32.1. The predicted molar refractivity (Wildman–Crippen MR) is 78.7 cm³/mol. The van der Waals surface area contributed by atoms with E-state index in [1.165, 1.54) is 23.3 Å². The standard InChI is InChI=1S/C15H23NO2S/c1-10-7-14(19-11(10)2)15(18)16-8-12-5-3-4-6-13(12)9-17/h7,12-13,17H,3-6,8-9H2,1-2H3,(H,16,18). The van der Waals surface area contributed by atoms with E-state index in [4.69, 9.17) is 0 Å². The fourth-order valence-corrected chi connectivity index (χ4v) is 3.74. The molecule has 0 aliphatic heterocycles. The lowest BCUT2D eigenvalue weighted by atomic mass is 9.79. The first kappa shape index (κ1) is 14.5. The highest BCUT2D eigenvalue weighted by Gasteiger charge is 2.25. The van der Waals surface area contributed by atoms with Gasteiger partial charge in [-0.1, -0.05) is 12.8 Å². The fourth-order valence-electron chi connectivity index (χ4n) is 2.79. The minimum Gasteiger partial charge on any atom is -0.396 e. The van der Waals surface area contributed by atoms with Crippen molar-refractivity contribution in [1.29, 1.82) is 0 Å². The van der Waals surface area contributed by atoms with Gasteiger partial charge in [-0.2, -0.15) is 0 Å². The topological polar surface area (TPSA) is 49.3 Å². The highest BCUT2D eigenvalue weighted by Crippen LogP contribution is 2.29. The van der Waals surface area contributed by atoms with E-state index in [9.17, 15) is 9.90 Å². The Morgan fingerprint density at radius 3 is 2.63 bits per heavy atom. The molecule has 0 radical (unpaired) electrons. The van der Waals surface area contributed by atoms with Gasteiger partial charge in [-0.05, 0) is 50.2 Å². The second-order valence-electron chi connectivity index (χ2n) is 5.55. The van der Waals surface area contributed by atoms with Crippen LogP contribution in [0.1, 0.15) is 45.8 Å². The second kappa shape index (κ2) is 6.53. The molecule has 0 bridgehead atoms. The van der Waals surface area contributed by atoms with Gasteiger partial charge in [-0.25, -0.2) is 0 Å². The van der Waals surface area contributed by atoms with Gasteiger partial charge in [0.15, 0.2) is 0 Å². The predicted octanol–water partition coefficient (Wildman–Crippen LogP) is 2.89. The number of rotatable bonds is 4. The number of carbonyl (C=O) groups excluding carboxylic acids is 1. The largest absolute Gasteiger partial charge is 0.396 e. The molecule has 2 rings (SSSR count). The molecule has 2 unspecified atom stereocenters. The molecule has 1 fully saturated rings. The SMILES string of the molecule is Cc1cc(C(=O)NCC2CCCCC2CO)sc1C. The summed E-state index contributed by atoms with van der Waals surface area (Å²) in [6.07, 6.45) is 4.63. The number of aryl methyl sites for hydroxylation is 2. The van der Waals surface area contributed by atoms with Gasteiger partial charge in [0, 0.05) is 18.0 Å². The number of amides is 1. The maximum absolute atomic E-state index is 12.1. The maximum atomic E-state index is 12.1. The molecule has 3 nitrogen and oxygen atoms in total. The highest BCUT2D eigenvalue weighted by molar-refractivity contribution is 7.14. The molecule has 4 heteroatoms. The van der Waals surface area contributed by atoms with Crippen molar-refractivity contribution in [2.45, 2.75) is 39.5 Å². The van der Waals surface area contributed by atoms with Crippen molar-refractivity contribution in [2.24, 2.45) is 11.8 Å². The fraction of sp³-hybridized carbons (Fsp3) is 0.667. The normalized spacial score (nSPS) is 23.3. The number of hydrogen-bond acceptors (Lipinski definition) is 3. The molecule has 0 saturated heterocycles. The van der Waals surface area contributed by atoms with Gasteiger partial charge in [0.2, 0.25) is 0 Å². The van der Waals surface area contributed by atoms with Crippen molar-refractivity contribution >= 4 is 17.2 Å².